The van der Waals surface area contributed by atoms with E-state index in [1.54, 1.807) is 12.1 Å². The molecule has 1 unspecified atom stereocenters. The quantitative estimate of drug-likeness (QED) is 0.367. The highest BCUT2D eigenvalue weighted by atomic mass is 35.5. The first-order valence-electron chi connectivity index (χ1n) is 12.9. The highest BCUT2D eigenvalue weighted by molar-refractivity contribution is 6.31. The Morgan fingerprint density at radius 1 is 1.05 bits per heavy atom. The minimum Gasteiger partial charge on any atom is -0.489 e. The zero-order chi connectivity index (χ0) is 27.8. The summed E-state index contributed by atoms with van der Waals surface area (Å²) in [6, 6.07) is 17.9. The number of ketones is 1. The average molecular weight is 542 g/mol. The fourth-order valence-electron chi connectivity index (χ4n) is 5.49. The summed E-state index contributed by atoms with van der Waals surface area (Å²) in [5.74, 6) is -0.0313. The summed E-state index contributed by atoms with van der Waals surface area (Å²) in [4.78, 5) is 15.4. The zero-order valence-corrected chi connectivity index (χ0v) is 22.9. The van der Waals surface area contributed by atoms with Crippen molar-refractivity contribution >= 4 is 23.1 Å². The molecule has 5 nitrogen and oxygen atoms in total. The molecule has 0 bridgehead atoms. The predicted molar refractivity (Wildman–Crippen MR) is 151 cm³/mol. The molecule has 5 rings (SSSR count). The van der Waals surface area contributed by atoms with Gasteiger partial charge in [0.2, 0.25) is 0 Å². The summed E-state index contributed by atoms with van der Waals surface area (Å²) in [5.41, 5.74) is 13.9. The number of allylic oxidation sites excluding steroid dienone is 3. The average Bonchev–Trinajstić information content (AvgIpc) is 2.90. The Morgan fingerprint density at radius 3 is 2.49 bits per heavy atom. The van der Waals surface area contributed by atoms with Crippen molar-refractivity contribution in [1.82, 2.24) is 0 Å². The van der Waals surface area contributed by atoms with E-state index >= 15 is 0 Å². The van der Waals surface area contributed by atoms with Crippen LogP contribution in [0.1, 0.15) is 53.0 Å². The van der Waals surface area contributed by atoms with E-state index < -0.39 is 5.92 Å². The standard InChI is InChI=1S/C32H29ClFN3O2/c1-18-7-10-23(15-27(18)33)37-28-5-4-6-29(38)31(28)30(26(16-35)32(37)36)25-14-21(19(2)13-20(25)3)17-39-24-11-8-22(34)9-12-24/h7-15,30H,4-6,17,36H2,1-3H3. The summed E-state index contributed by atoms with van der Waals surface area (Å²) < 4.78 is 19.3. The minimum absolute atomic E-state index is 0.0220. The molecule has 39 heavy (non-hydrogen) atoms. The molecule has 3 aromatic carbocycles. The lowest BCUT2D eigenvalue weighted by Gasteiger charge is -2.40. The third-order valence-corrected chi connectivity index (χ3v) is 7.98. The molecule has 2 N–H and O–H groups in total. The van der Waals surface area contributed by atoms with Gasteiger partial charge in [-0.05, 0) is 97.8 Å². The number of nitriles is 1. The lowest BCUT2D eigenvalue weighted by molar-refractivity contribution is -0.116. The summed E-state index contributed by atoms with van der Waals surface area (Å²) >= 11 is 6.45. The number of carbonyl (C=O) groups excluding carboxylic acids is 1. The molecule has 7 heteroatoms. The third kappa shape index (κ3) is 4.91. The van der Waals surface area contributed by atoms with Crippen molar-refractivity contribution < 1.29 is 13.9 Å². The van der Waals surface area contributed by atoms with E-state index in [1.165, 1.54) is 12.1 Å². The van der Waals surface area contributed by atoms with Crippen LogP contribution in [0.4, 0.5) is 10.1 Å². The molecule has 3 aromatic rings. The summed E-state index contributed by atoms with van der Waals surface area (Å²) in [6.07, 6.45) is 1.79. The highest BCUT2D eigenvalue weighted by Crippen LogP contribution is 2.47. The van der Waals surface area contributed by atoms with E-state index in [1.807, 2.05) is 56.0 Å². The molecule has 0 radical (unpaired) electrons. The SMILES string of the molecule is Cc1ccc(N2C(N)=C(C#N)C(c3cc(COc4ccc(F)cc4)c(C)cc3C)C3=C2CCCC3=O)cc1Cl. The summed E-state index contributed by atoms with van der Waals surface area (Å²) in [7, 11) is 0. The fourth-order valence-corrected chi connectivity index (χ4v) is 5.66. The van der Waals surface area contributed by atoms with Crippen molar-refractivity contribution in [3.63, 3.8) is 0 Å². The zero-order valence-electron chi connectivity index (χ0n) is 22.1. The first-order chi connectivity index (χ1) is 18.7. The van der Waals surface area contributed by atoms with Gasteiger partial charge in [-0.2, -0.15) is 5.26 Å². The van der Waals surface area contributed by atoms with Crippen LogP contribution >= 0.6 is 11.6 Å². The van der Waals surface area contributed by atoms with Crippen LogP contribution in [0, 0.1) is 37.9 Å². The number of nitrogens with zero attached hydrogens (tertiary/aromatic N) is 2. The predicted octanol–water partition coefficient (Wildman–Crippen LogP) is 7.29. The maximum Gasteiger partial charge on any atom is 0.161 e. The maximum atomic E-state index is 13.5. The molecule has 0 saturated heterocycles. The second kappa shape index (κ2) is 10.6. The summed E-state index contributed by atoms with van der Waals surface area (Å²) in [6.45, 7) is 6.16. The molecule has 0 amide bonds. The number of carbonyl (C=O) groups is 1. The second-order valence-corrected chi connectivity index (χ2v) is 10.5. The topological polar surface area (TPSA) is 79.3 Å². The Hall–Kier alpha value is -4.08. The largest absolute Gasteiger partial charge is 0.489 e. The lowest BCUT2D eigenvalue weighted by Crippen LogP contribution is -2.39. The van der Waals surface area contributed by atoms with Gasteiger partial charge in [-0.3, -0.25) is 9.69 Å². The van der Waals surface area contributed by atoms with Crippen LogP contribution < -0.4 is 15.4 Å². The maximum absolute atomic E-state index is 13.5. The van der Waals surface area contributed by atoms with Crippen LogP contribution in [-0.2, 0) is 11.4 Å². The van der Waals surface area contributed by atoms with Crippen LogP contribution in [0.3, 0.4) is 0 Å². The van der Waals surface area contributed by atoms with Crippen molar-refractivity contribution in [1.29, 1.82) is 5.26 Å². The van der Waals surface area contributed by atoms with Crippen molar-refractivity contribution in [2.24, 2.45) is 5.73 Å². The number of hydrogen-bond acceptors (Lipinski definition) is 5. The highest BCUT2D eigenvalue weighted by Gasteiger charge is 2.41. The van der Waals surface area contributed by atoms with Gasteiger partial charge in [0, 0.05) is 28.4 Å². The van der Waals surface area contributed by atoms with Crippen molar-refractivity contribution in [2.75, 3.05) is 4.90 Å². The van der Waals surface area contributed by atoms with Gasteiger partial charge >= 0.3 is 0 Å². The number of benzene rings is 3. The lowest BCUT2D eigenvalue weighted by atomic mass is 9.74. The first kappa shape index (κ1) is 26.5. The summed E-state index contributed by atoms with van der Waals surface area (Å²) in [5, 5.41) is 11.0. The van der Waals surface area contributed by atoms with Gasteiger partial charge in [0.25, 0.3) is 0 Å². The van der Waals surface area contributed by atoms with E-state index in [0.29, 0.717) is 47.0 Å². The molecule has 2 aliphatic rings. The second-order valence-electron chi connectivity index (χ2n) is 10.1. The van der Waals surface area contributed by atoms with E-state index in [0.717, 1.165) is 39.2 Å². The van der Waals surface area contributed by atoms with Crippen LogP contribution in [0.2, 0.25) is 5.02 Å². The number of rotatable bonds is 5. The Morgan fingerprint density at radius 2 is 1.79 bits per heavy atom. The van der Waals surface area contributed by atoms with E-state index in [2.05, 4.69) is 6.07 Å². The number of nitrogens with two attached hydrogens (primary N) is 1. The molecule has 1 atom stereocenters. The van der Waals surface area contributed by atoms with Gasteiger partial charge < -0.3 is 10.5 Å². The van der Waals surface area contributed by atoms with Gasteiger partial charge in [0.05, 0.1) is 17.6 Å². The smallest absolute Gasteiger partial charge is 0.161 e. The van der Waals surface area contributed by atoms with E-state index in [4.69, 9.17) is 22.1 Å². The van der Waals surface area contributed by atoms with Crippen LogP contribution in [-0.4, -0.2) is 5.78 Å². The molecule has 1 heterocycles. The van der Waals surface area contributed by atoms with Gasteiger partial charge in [-0.15, -0.1) is 0 Å². The monoisotopic (exact) mass is 541 g/mol. The Kier molecular flexibility index (Phi) is 7.20. The number of aryl methyl sites for hydroxylation is 3. The fraction of sp³-hybridized carbons (Fsp3) is 0.250. The number of anilines is 1. The van der Waals surface area contributed by atoms with Gasteiger partial charge in [-0.25, -0.2) is 4.39 Å². The van der Waals surface area contributed by atoms with Crippen molar-refractivity contribution in [3.8, 4) is 11.8 Å². The van der Waals surface area contributed by atoms with Gasteiger partial charge in [0.1, 0.15) is 24.0 Å². The number of ether oxygens (including phenoxy) is 1. The molecule has 198 valence electrons. The Bertz CT molecular complexity index is 1580. The van der Waals surface area contributed by atoms with Gasteiger partial charge in [0.15, 0.2) is 5.78 Å². The molecular formula is C32H29ClFN3O2. The minimum atomic E-state index is -0.583. The van der Waals surface area contributed by atoms with Crippen molar-refractivity contribution in [2.45, 2.75) is 52.6 Å². The number of Topliss-reactive ketones (excluding diaryl/α,β-unsaturated/α-hetero) is 1. The molecular weight excluding hydrogens is 513 g/mol. The van der Waals surface area contributed by atoms with Crippen molar-refractivity contribution in [3.05, 3.63) is 116 Å². The Labute approximate surface area is 233 Å². The Balaban J connectivity index is 1.62. The molecule has 0 saturated carbocycles. The third-order valence-electron chi connectivity index (χ3n) is 7.57. The van der Waals surface area contributed by atoms with E-state index in [-0.39, 0.29) is 18.2 Å². The normalized spacial score (nSPS) is 17.3. The number of hydrogen-bond donors (Lipinski definition) is 1. The van der Waals surface area contributed by atoms with Crippen LogP contribution in [0.25, 0.3) is 0 Å². The molecule has 1 aliphatic heterocycles. The number of halogens is 2. The molecule has 0 fully saturated rings. The van der Waals surface area contributed by atoms with Crippen LogP contribution in [0.5, 0.6) is 5.75 Å². The molecule has 0 spiro atoms. The van der Waals surface area contributed by atoms with E-state index in [9.17, 15) is 14.4 Å². The molecule has 0 aromatic heterocycles. The molecule has 1 aliphatic carbocycles. The van der Waals surface area contributed by atoms with Gasteiger partial charge in [-0.1, -0.05) is 29.8 Å². The first-order valence-corrected chi connectivity index (χ1v) is 13.3. The van der Waals surface area contributed by atoms with Crippen LogP contribution in [0.15, 0.2) is 77.3 Å².